The number of thioether (sulfide) groups is 1. The Balaban J connectivity index is 0.000000364. The number of nitriles is 4. The van der Waals surface area contributed by atoms with Gasteiger partial charge in [-0.05, 0) is 127 Å². The number of ether oxygens (including phenoxy) is 2. The maximum atomic E-state index is 12.0. The van der Waals surface area contributed by atoms with Crippen LogP contribution < -0.4 is 39.4 Å². The zero-order valence-electron chi connectivity index (χ0n) is 63.1. The Hall–Kier alpha value is -11.1. The number of carbonyl (C=O) groups excluding carboxylic acids is 5. The molecule has 0 unspecified atom stereocenters. The number of pyridine rings is 2. The summed E-state index contributed by atoms with van der Waals surface area (Å²) in [4.78, 5) is 107. The summed E-state index contributed by atoms with van der Waals surface area (Å²) >= 11 is 29.4. The Morgan fingerprint density at radius 3 is 1.34 bits per heavy atom. The molecule has 0 atom stereocenters. The van der Waals surface area contributed by atoms with E-state index in [0.717, 1.165) is 66.8 Å². The second kappa shape index (κ2) is 54.2. The molecule has 0 saturated carbocycles. The third kappa shape index (κ3) is 34.2. The zero-order valence-corrected chi connectivity index (χ0v) is 78.4. The van der Waals surface area contributed by atoms with E-state index in [1.54, 1.807) is 68.1 Å². The first-order chi connectivity index (χ1) is 56.8. The third-order valence-electron chi connectivity index (χ3n) is 14.6. The number of esters is 2. The molecule has 0 saturated heterocycles. The van der Waals surface area contributed by atoms with Crippen LogP contribution in [0.4, 0.5) is 11.6 Å². The molecular formula is C79H69Br8ClN20O11S2. The Labute approximate surface area is 775 Å². The second-order valence-corrected chi connectivity index (χ2v) is 30.6. The van der Waals surface area contributed by atoms with Crippen LogP contribution in [0.5, 0.6) is 11.5 Å². The number of H-pyrrole nitrogens is 6. The first-order valence-electron chi connectivity index (χ1n) is 34.0. The van der Waals surface area contributed by atoms with E-state index in [-0.39, 0.29) is 123 Å². The summed E-state index contributed by atoms with van der Waals surface area (Å²) in [5, 5.41) is 64.8. The highest BCUT2D eigenvalue weighted by atomic mass is 79.9. The number of aromatic nitrogens is 10. The molecule has 121 heavy (non-hydrogen) atoms. The Morgan fingerprint density at radius 2 is 0.934 bits per heavy atom. The average Bonchev–Trinajstić information content (AvgIpc) is 1.67. The zero-order chi connectivity index (χ0) is 87.8. The van der Waals surface area contributed by atoms with Crippen LogP contribution in [-0.2, 0) is 29.6 Å². The molecule has 0 aliphatic rings. The third-order valence-corrected chi connectivity index (χ3v) is 19.4. The predicted molar refractivity (Wildman–Crippen MR) is 498 cm³/mol. The van der Waals surface area contributed by atoms with E-state index >= 15 is 0 Å². The SMILES string of the molecule is Br.CCC(N)N.CCOC(=O)c1[nH]c(-c2ccc(Br)cc2)nc1N.CCOC(=O)c1[nH]c(-c2ccc(Br)cc2)nc1NC(=O)CC#N.Cl.N#Cc1c(O)c2[nH]c(-c3ccc(Br)cc3)nc2[nH]c1=O.N#Cc1c(O)c2[nH]c(Br)nc2[nH]c1=O.N#Cc1ccc(Br)cc1.N=C(SCc1ccccc1)c1ccc(Br)cc1.NC(=S)c1ccc(Br)cc1.O=C=O. The molecule has 0 fully saturated rings. The highest BCUT2D eigenvalue weighted by Crippen LogP contribution is 2.30. The van der Waals surface area contributed by atoms with Crippen molar-refractivity contribution >= 4 is 233 Å². The van der Waals surface area contributed by atoms with E-state index in [1.807, 2.05) is 153 Å². The number of thiocarbonyl (C=S) groups is 1. The maximum absolute atomic E-state index is 12.0. The molecule has 0 aliphatic carbocycles. The number of nitrogen functional groups attached to an aromatic ring is 1. The number of rotatable bonds is 14. The molecule has 0 radical (unpaired) electrons. The van der Waals surface area contributed by atoms with Crippen molar-refractivity contribution < 1.29 is 43.7 Å². The number of amides is 1. The molecule has 42 heteroatoms. The lowest BCUT2D eigenvalue weighted by atomic mass is 10.2. The summed E-state index contributed by atoms with van der Waals surface area (Å²) in [6.45, 7) is 5.85. The number of benzene rings is 7. The van der Waals surface area contributed by atoms with Gasteiger partial charge in [0.15, 0.2) is 61.7 Å². The van der Waals surface area contributed by atoms with Crippen LogP contribution in [0.15, 0.2) is 217 Å². The van der Waals surface area contributed by atoms with Crippen molar-refractivity contribution in [1.82, 2.24) is 49.8 Å². The molecule has 1 amide bonds. The van der Waals surface area contributed by atoms with Crippen molar-refractivity contribution in [2.24, 2.45) is 17.2 Å². The molecule has 18 N–H and O–H groups in total. The lowest BCUT2D eigenvalue weighted by molar-refractivity contribution is -0.191. The van der Waals surface area contributed by atoms with E-state index in [9.17, 15) is 34.2 Å². The van der Waals surface area contributed by atoms with Crippen molar-refractivity contribution in [1.29, 1.82) is 26.5 Å². The smallest absolute Gasteiger partial charge is 0.373 e. The monoisotopic (exact) mass is 2200 g/mol. The van der Waals surface area contributed by atoms with Crippen LogP contribution in [0.2, 0.25) is 0 Å². The summed E-state index contributed by atoms with van der Waals surface area (Å²) in [5.41, 5.74) is 26.5. The van der Waals surface area contributed by atoms with E-state index in [2.05, 4.69) is 179 Å². The number of hydrogen-bond acceptors (Lipinski definition) is 25. The van der Waals surface area contributed by atoms with Crippen LogP contribution in [0.1, 0.15) is 88.0 Å². The summed E-state index contributed by atoms with van der Waals surface area (Å²) in [6, 6.07) is 62.1. The number of nitrogens with zero attached hydrogens (tertiary/aromatic N) is 8. The molecule has 31 nitrogen and oxygen atoms in total. The standard InChI is InChI=1S/C15H13BrN4O3.C14H12BrNS.C13H7BrN4O2.C12H12BrN3O2.C7H3BrN4O2.C7H6BrNS.C7H4BrN.C3H10N2.CO2.BrH.ClH/c1-2-23-15(22)12-14(18-11(21)7-8-17)20-13(19-12)9-3-5-10(16)6-4-9;15-13-8-6-12(7-9-13)14(16)17-10-11-4-2-1-3-5-11;14-7-3-1-6(2-4-7)11-16-9-10(19)8(5-15)13(20)18-12(9)17-11;1-2-18-12(17)9-10(14)16-11(15-9)7-3-5-8(13)6-4-7;8-7-10-3-4(13)2(1-9)6(14)11-5(3)12-7;8-6-3-1-5(2-4-6)7(9)10;8-7-3-1-6(5-9)2-4-7;1-2-3(4)5;2-1-3;;/h3-6H,2,7H2,1H3,(H,18,21)(H,19,20);1-9,16H,10H2;1-4H,(H3,16,17,18,19,20);3-6H,2,14H2,1H3,(H,15,16);(H3,10,11,12,13,14);1-4H,(H2,9,10);1-4H;3H,2,4-5H2,1H3;;2*1H. The molecule has 0 aliphatic heterocycles. The number of nitrogens with one attached hydrogen (secondary N) is 8. The van der Waals surface area contributed by atoms with Crippen LogP contribution in [-0.4, -0.2) is 113 Å². The second-order valence-electron chi connectivity index (χ2n) is 22.9. The topological polar surface area (TPSA) is 560 Å². The van der Waals surface area contributed by atoms with Crippen LogP contribution in [0.3, 0.4) is 0 Å². The normalized spacial score (nSPS) is 9.66. The van der Waals surface area contributed by atoms with Gasteiger partial charge in [0.25, 0.3) is 11.1 Å². The van der Waals surface area contributed by atoms with E-state index in [4.69, 9.17) is 80.7 Å². The fourth-order valence-electron chi connectivity index (χ4n) is 8.85. The number of aromatic amines is 6. The number of aromatic hydroxyl groups is 2. The fourth-order valence-corrected chi connectivity index (χ4v) is 11.8. The number of imidazole rings is 4. The molecule has 6 heterocycles. The number of anilines is 2. The van der Waals surface area contributed by atoms with Crippen molar-refractivity contribution in [2.75, 3.05) is 24.3 Å². The van der Waals surface area contributed by atoms with E-state index < -0.39 is 29.0 Å². The number of nitrogens with two attached hydrogens (primary N) is 4. The number of hydrogen-bond donors (Lipinski definition) is 14. The van der Waals surface area contributed by atoms with Gasteiger partial charge in [0.05, 0.1) is 42.1 Å². The minimum Gasteiger partial charge on any atom is -0.504 e. The highest BCUT2D eigenvalue weighted by Gasteiger charge is 2.23. The van der Waals surface area contributed by atoms with E-state index in [0.29, 0.717) is 44.4 Å². The van der Waals surface area contributed by atoms with E-state index in [1.165, 1.54) is 5.56 Å². The molecule has 13 aromatic rings. The first kappa shape index (κ1) is 104. The summed E-state index contributed by atoms with van der Waals surface area (Å²) in [7, 11) is 0. The lowest BCUT2D eigenvalue weighted by Gasteiger charge is -2.04. The molecular weight excluding hydrogens is 2140 g/mol. The fraction of sp³-hybridized carbons (Fsp3) is 0.114. The quantitative estimate of drug-likeness (QED) is 0.0158. The highest BCUT2D eigenvalue weighted by molar-refractivity contribution is 9.11. The van der Waals surface area contributed by atoms with Crippen molar-refractivity contribution in [3.63, 3.8) is 0 Å². The maximum Gasteiger partial charge on any atom is 0.373 e. The largest absolute Gasteiger partial charge is 0.504 e. The van der Waals surface area contributed by atoms with Gasteiger partial charge >= 0.3 is 18.1 Å². The summed E-state index contributed by atoms with van der Waals surface area (Å²) in [6.07, 6.45) is 0.665. The van der Waals surface area contributed by atoms with Crippen molar-refractivity contribution in [2.45, 2.75) is 45.5 Å². The van der Waals surface area contributed by atoms with Gasteiger partial charge < -0.3 is 77.8 Å². The molecule has 6 aromatic heterocycles. The van der Waals surface area contributed by atoms with Gasteiger partial charge in [-0.15, -0.1) is 41.2 Å². The summed E-state index contributed by atoms with van der Waals surface area (Å²) in [5.74, 6) is 0.0350. The van der Waals surface area contributed by atoms with Gasteiger partial charge in [0, 0.05) is 60.4 Å². The van der Waals surface area contributed by atoms with Crippen LogP contribution in [0.25, 0.3) is 56.5 Å². The molecule has 13 rings (SSSR count). The van der Waals surface area contributed by atoms with Gasteiger partial charge in [-0.1, -0.05) is 206 Å². The van der Waals surface area contributed by atoms with Crippen LogP contribution in [0, 0.1) is 50.7 Å². The molecule has 0 spiro atoms. The Morgan fingerprint density at radius 1 is 0.554 bits per heavy atom. The average molecular weight is 2210 g/mol. The van der Waals surface area contributed by atoms with Gasteiger partial charge in [-0.2, -0.15) is 30.6 Å². The van der Waals surface area contributed by atoms with Gasteiger partial charge in [-0.3, -0.25) is 19.8 Å². The number of fused-ring (bicyclic) bond motifs is 2. The minimum absolute atomic E-state index is 0. The molecule has 626 valence electrons. The summed E-state index contributed by atoms with van der Waals surface area (Å²) < 4.78 is 16.1. The van der Waals surface area contributed by atoms with Gasteiger partial charge in [0.1, 0.15) is 52.1 Å². The number of carbonyl (C=O) groups is 3. The minimum atomic E-state index is -0.661. The predicted octanol–water partition coefficient (Wildman–Crippen LogP) is 17.5. The number of halogens is 9. The lowest BCUT2D eigenvalue weighted by Crippen LogP contribution is -2.28. The van der Waals surface area contributed by atoms with Crippen molar-refractivity contribution in [3.8, 4) is 69.9 Å². The Bertz CT molecular complexity index is 5950. The molecule has 0 bridgehead atoms. The Kier molecular flexibility index (Phi) is 46.7. The van der Waals surface area contributed by atoms with Crippen molar-refractivity contribution in [3.05, 3.63) is 273 Å². The van der Waals surface area contributed by atoms with Crippen LogP contribution >= 0.6 is 165 Å². The molecule has 7 aromatic carbocycles. The van der Waals surface area contributed by atoms with Gasteiger partial charge in [0.2, 0.25) is 5.91 Å². The van der Waals surface area contributed by atoms with Gasteiger partial charge in [-0.25, -0.2) is 29.5 Å². The first-order valence-corrected chi connectivity index (χ1v) is 40.9.